The molecule has 20 heavy (non-hydrogen) atoms. The molecule has 0 aliphatic rings. The smallest absolute Gasteiger partial charge is 0.162 e. The van der Waals surface area contributed by atoms with Crippen LogP contribution in [0.5, 0.6) is 5.75 Å². The van der Waals surface area contributed by atoms with Crippen molar-refractivity contribution in [2.45, 2.75) is 53.1 Å². The second-order valence-electron chi connectivity index (χ2n) is 5.58. The van der Waals surface area contributed by atoms with Gasteiger partial charge in [0.1, 0.15) is 12.4 Å². The molecule has 0 aromatic heterocycles. The lowest BCUT2D eigenvalue weighted by Gasteiger charge is -2.30. The molecule has 0 bridgehead atoms. The number of carbonyl (C=O) groups excluding carboxylic acids is 1. The number of benzene rings is 1. The minimum Gasteiger partial charge on any atom is -0.492 e. The first-order chi connectivity index (χ1) is 9.45. The lowest BCUT2D eigenvalue weighted by molar-refractivity contribution is 0.0987. The Kier molecular flexibility index (Phi) is 6.73. The molecule has 0 aliphatic carbocycles. The van der Waals surface area contributed by atoms with Crippen LogP contribution in [0.3, 0.4) is 0 Å². The quantitative estimate of drug-likeness (QED) is 0.677. The summed E-state index contributed by atoms with van der Waals surface area (Å²) in [5.41, 5.74) is 0.731. The van der Waals surface area contributed by atoms with E-state index < -0.39 is 0 Å². The molecule has 0 saturated heterocycles. The van der Waals surface area contributed by atoms with Gasteiger partial charge in [-0.25, -0.2) is 0 Å². The highest BCUT2D eigenvalue weighted by atomic mass is 16.5. The van der Waals surface area contributed by atoms with Gasteiger partial charge >= 0.3 is 0 Å². The SMILES string of the molecule is CCC(=O)c1cccc(OCCN(C(C)C)C(C)C)c1. The maximum Gasteiger partial charge on any atom is 0.162 e. The summed E-state index contributed by atoms with van der Waals surface area (Å²) >= 11 is 0. The first kappa shape index (κ1) is 16.7. The molecular formula is C17H27NO2. The van der Waals surface area contributed by atoms with E-state index in [1.165, 1.54) is 0 Å². The number of ketones is 1. The van der Waals surface area contributed by atoms with Crippen molar-refractivity contribution >= 4 is 5.78 Å². The monoisotopic (exact) mass is 277 g/mol. The fraction of sp³-hybridized carbons (Fsp3) is 0.588. The van der Waals surface area contributed by atoms with E-state index in [1.54, 1.807) is 0 Å². The summed E-state index contributed by atoms with van der Waals surface area (Å²) in [5.74, 6) is 0.929. The normalized spacial score (nSPS) is 11.4. The Morgan fingerprint density at radius 3 is 2.40 bits per heavy atom. The Morgan fingerprint density at radius 1 is 1.20 bits per heavy atom. The van der Waals surface area contributed by atoms with Gasteiger partial charge in [-0.15, -0.1) is 0 Å². The molecule has 0 N–H and O–H groups in total. The molecule has 112 valence electrons. The second-order valence-corrected chi connectivity index (χ2v) is 5.58. The minimum atomic E-state index is 0.154. The van der Waals surface area contributed by atoms with E-state index in [0.29, 0.717) is 25.1 Å². The van der Waals surface area contributed by atoms with Gasteiger partial charge in [0.15, 0.2) is 5.78 Å². The second kappa shape index (κ2) is 8.05. The molecule has 0 spiro atoms. The highest BCUT2D eigenvalue weighted by Gasteiger charge is 2.13. The van der Waals surface area contributed by atoms with Crippen molar-refractivity contribution in [3.05, 3.63) is 29.8 Å². The largest absolute Gasteiger partial charge is 0.492 e. The molecule has 0 aliphatic heterocycles. The van der Waals surface area contributed by atoms with Crippen LogP contribution in [0.4, 0.5) is 0 Å². The molecule has 0 unspecified atom stereocenters. The van der Waals surface area contributed by atoms with E-state index in [-0.39, 0.29) is 5.78 Å². The molecule has 0 radical (unpaired) electrons. The molecule has 0 amide bonds. The van der Waals surface area contributed by atoms with Crippen LogP contribution in [-0.2, 0) is 0 Å². The van der Waals surface area contributed by atoms with Crippen molar-refractivity contribution in [1.29, 1.82) is 0 Å². The summed E-state index contributed by atoms with van der Waals surface area (Å²) in [6.45, 7) is 12.2. The van der Waals surface area contributed by atoms with E-state index in [0.717, 1.165) is 17.9 Å². The van der Waals surface area contributed by atoms with E-state index >= 15 is 0 Å². The molecule has 3 nitrogen and oxygen atoms in total. The third-order valence-electron chi connectivity index (χ3n) is 3.42. The number of Topliss-reactive ketones (excluding diaryl/α,β-unsaturated/α-hetero) is 1. The van der Waals surface area contributed by atoms with Crippen molar-refractivity contribution in [3.8, 4) is 5.75 Å². The van der Waals surface area contributed by atoms with Gasteiger partial charge in [-0.1, -0.05) is 19.1 Å². The molecular weight excluding hydrogens is 250 g/mol. The van der Waals surface area contributed by atoms with Crippen molar-refractivity contribution in [1.82, 2.24) is 4.90 Å². The lowest BCUT2D eigenvalue weighted by Crippen LogP contribution is -2.39. The lowest BCUT2D eigenvalue weighted by atomic mass is 10.1. The van der Waals surface area contributed by atoms with Crippen LogP contribution in [0.1, 0.15) is 51.4 Å². The maximum atomic E-state index is 11.7. The van der Waals surface area contributed by atoms with Crippen LogP contribution in [0, 0.1) is 0 Å². The topological polar surface area (TPSA) is 29.5 Å². The average molecular weight is 277 g/mol. The Bertz CT molecular complexity index is 419. The molecule has 0 saturated carbocycles. The zero-order valence-electron chi connectivity index (χ0n) is 13.3. The van der Waals surface area contributed by atoms with Crippen LogP contribution in [0.25, 0.3) is 0 Å². The van der Waals surface area contributed by atoms with Gasteiger partial charge in [-0.3, -0.25) is 9.69 Å². The van der Waals surface area contributed by atoms with Gasteiger partial charge in [0.25, 0.3) is 0 Å². The third-order valence-corrected chi connectivity index (χ3v) is 3.42. The van der Waals surface area contributed by atoms with Crippen LogP contribution in [0.15, 0.2) is 24.3 Å². The van der Waals surface area contributed by atoms with E-state index in [4.69, 9.17) is 4.74 Å². The Morgan fingerprint density at radius 2 is 1.85 bits per heavy atom. The van der Waals surface area contributed by atoms with E-state index in [2.05, 4.69) is 32.6 Å². The minimum absolute atomic E-state index is 0.154. The van der Waals surface area contributed by atoms with Gasteiger partial charge in [0, 0.05) is 30.6 Å². The maximum absolute atomic E-state index is 11.7. The molecule has 0 fully saturated rings. The predicted molar refractivity (Wildman–Crippen MR) is 83.5 cm³/mol. The number of hydrogen-bond donors (Lipinski definition) is 0. The molecule has 1 rings (SSSR count). The third kappa shape index (κ3) is 4.97. The molecule has 0 atom stereocenters. The number of rotatable bonds is 8. The predicted octanol–water partition coefficient (Wildman–Crippen LogP) is 3.78. The zero-order chi connectivity index (χ0) is 15.1. The van der Waals surface area contributed by atoms with Crippen LogP contribution in [-0.4, -0.2) is 35.9 Å². The summed E-state index contributed by atoms with van der Waals surface area (Å²) in [4.78, 5) is 14.1. The summed E-state index contributed by atoms with van der Waals surface area (Å²) < 4.78 is 5.78. The molecule has 3 heteroatoms. The standard InChI is InChI=1S/C17H27NO2/c1-6-17(19)15-8-7-9-16(12-15)20-11-10-18(13(2)3)14(4)5/h7-9,12-14H,6,10-11H2,1-5H3. The van der Waals surface area contributed by atoms with Gasteiger partial charge in [-0.2, -0.15) is 0 Å². The summed E-state index contributed by atoms with van der Waals surface area (Å²) in [7, 11) is 0. The number of hydrogen-bond acceptors (Lipinski definition) is 3. The first-order valence-corrected chi connectivity index (χ1v) is 7.47. The molecule has 0 heterocycles. The highest BCUT2D eigenvalue weighted by Crippen LogP contribution is 2.15. The Labute approximate surface area is 122 Å². The van der Waals surface area contributed by atoms with Gasteiger partial charge < -0.3 is 4.74 Å². The van der Waals surface area contributed by atoms with Crippen LogP contribution in [0.2, 0.25) is 0 Å². The summed E-state index contributed by atoms with van der Waals surface area (Å²) in [6, 6.07) is 8.47. The summed E-state index contributed by atoms with van der Waals surface area (Å²) in [6.07, 6.45) is 0.526. The fourth-order valence-electron chi connectivity index (χ4n) is 2.35. The highest BCUT2D eigenvalue weighted by molar-refractivity contribution is 5.96. The van der Waals surface area contributed by atoms with Crippen LogP contribution < -0.4 is 4.74 Å². The Balaban J connectivity index is 2.55. The van der Waals surface area contributed by atoms with Crippen molar-refractivity contribution in [2.24, 2.45) is 0 Å². The van der Waals surface area contributed by atoms with Crippen molar-refractivity contribution in [3.63, 3.8) is 0 Å². The molecule has 1 aromatic rings. The molecule has 1 aromatic carbocycles. The van der Waals surface area contributed by atoms with E-state index in [9.17, 15) is 4.79 Å². The number of ether oxygens (including phenoxy) is 1. The zero-order valence-corrected chi connectivity index (χ0v) is 13.3. The van der Waals surface area contributed by atoms with Gasteiger partial charge in [0.2, 0.25) is 0 Å². The van der Waals surface area contributed by atoms with Crippen molar-refractivity contribution in [2.75, 3.05) is 13.2 Å². The number of carbonyl (C=O) groups is 1. The number of nitrogens with zero attached hydrogens (tertiary/aromatic N) is 1. The van der Waals surface area contributed by atoms with Gasteiger partial charge in [0.05, 0.1) is 0 Å². The fourth-order valence-corrected chi connectivity index (χ4v) is 2.35. The Hall–Kier alpha value is -1.35. The average Bonchev–Trinajstić information content (AvgIpc) is 2.42. The van der Waals surface area contributed by atoms with E-state index in [1.807, 2.05) is 31.2 Å². The first-order valence-electron chi connectivity index (χ1n) is 7.47. The van der Waals surface area contributed by atoms with Gasteiger partial charge in [-0.05, 0) is 39.8 Å². The van der Waals surface area contributed by atoms with Crippen molar-refractivity contribution < 1.29 is 9.53 Å². The summed E-state index contributed by atoms with van der Waals surface area (Å²) in [5, 5.41) is 0. The van der Waals surface area contributed by atoms with Crippen LogP contribution >= 0.6 is 0 Å².